The number of hydrogen-bond acceptors (Lipinski definition) is 4. The lowest BCUT2D eigenvalue weighted by Crippen LogP contribution is -2.25. The molecule has 1 aliphatic heterocycles. The van der Waals surface area contributed by atoms with Gasteiger partial charge < -0.3 is 10.1 Å². The van der Waals surface area contributed by atoms with Gasteiger partial charge in [0.25, 0.3) is 5.91 Å². The zero-order valence-corrected chi connectivity index (χ0v) is 10.7. The Balaban J connectivity index is 1.98. The third-order valence-electron chi connectivity index (χ3n) is 2.76. The molecule has 92 valence electrons. The molecule has 2 heterocycles. The van der Waals surface area contributed by atoms with E-state index in [0.717, 1.165) is 28.4 Å². The van der Waals surface area contributed by atoms with Crippen LogP contribution in [0.4, 0.5) is 5.69 Å². The lowest BCUT2D eigenvalue weighted by molar-refractivity contribution is -0.118. The van der Waals surface area contributed by atoms with Crippen LogP contribution in [-0.2, 0) is 11.2 Å². The number of amides is 1. The maximum Gasteiger partial charge on any atom is 0.262 e. The normalized spacial score (nSPS) is 13.7. The van der Waals surface area contributed by atoms with Crippen molar-refractivity contribution in [1.82, 2.24) is 4.98 Å². The first kappa shape index (κ1) is 11.2. The van der Waals surface area contributed by atoms with Gasteiger partial charge in [-0.3, -0.25) is 4.79 Å². The number of anilines is 1. The van der Waals surface area contributed by atoms with Gasteiger partial charge in [0, 0.05) is 10.9 Å². The number of nitrogens with one attached hydrogen (secondary N) is 1. The Kier molecular flexibility index (Phi) is 2.76. The molecule has 0 fully saturated rings. The third-order valence-corrected chi connectivity index (χ3v) is 3.76. The summed E-state index contributed by atoms with van der Waals surface area (Å²) in [5, 5.41) is 5.95. The minimum absolute atomic E-state index is 0.0863. The Morgan fingerprint density at radius 2 is 2.39 bits per heavy atom. The molecule has 0 unspecified atom stereocenters. The molecule has 1 amide bonds. The smallest absolute Gasteiger partial charge is 0.262 e. The third kappa shape index (κ3) is 1.97. The maximum absolute atomic E-state index is 11.3. The van der Waals surface area contributed by atoms with Crippen LogP contribution < -0.4 is 10.1 Å². The zero-order chi connectivity index (χ0) is 12.5. The van der Waals surface area contributed by atoms with E-state index in [1.54, 1.807) is 11.3 Å². The van der Waals surface area contributed by atoms with Gasteiger partial charge in [-0.15, -0.1) is 11.3 Å². The van der Waals surface area contributed by atoms with Crippen molar-refractivity contribution < 1.29 is 9.53 Å². The molecule has 1 N–H and O–H groups in total. The number of nitrogens with zero attached hydrogens (tertiary/aromatic N) is 1. The van der Waals surface area contributed by atoms with Crippen molar-refractivity contribution in [3.05, 3.63) is 28.6 Å². The van der Waals surface area contributed by atoms with Crippen LogP contribution in [0, 0.1) is 0 Å². The standard InChI is InChI=1S/C13H12N2O2S/c1-2-13-15-10(7-18-13)8-3-4-11-9(5-8)14-12(16)6-17-11/h3-5,7H,2,6H2,1H3,(H,14,16). The number of aryl methyl sites for hydroxylation is 1. The van der Waals surface area contributed by atoms with Crippen LogP contribution in [0.1, 0.15) is 11.9 Å². The van der Waals surface area contributed by atoms with Crippen LogP contribution in [-0.4, -0.2) is 17.5 Å². The Morgan fingerprint density at radius 1 is 1.50 bits per heavy atom. The molecule has 0 aliphatic carbocycles. The average Bonchev–Trinajstić information content (AvgIpc) is 2.86. The molecule has 0 spiro atoms. The highest BCUT2D eigenvalue weighted by Crippen LogP contribution is 2.32. The number of carbonyl (C=O) groups is 1. The van der Waals surface area contributed by atoms with E-state index in [1.165, 1.54) is 0 Å². The lowest BCUT2D eigenvalue weighted by atomic mass is 10.1. The summed E-state index contributed by atoms with van der Waals surface area (Å²) in [6, 6.07) is 5.74. The summed E-state index contributed by atoms with van der Waals surface area (Å²) in [5.41, 5.74) is 2.66. The van der Waals surface area contributed by atoms with E-state index in [2.05, 4.69) is 17.2 Å². The van der Waals surface area contributed by atoms with Crippen LogP contribution in [0.25, 0.3) is 11.3 Å². The van der Waals surface area contributed by atoms with Crippen molar-refractivity contribution in [3.8, 4) is 17.0 Å². The molecule has 0 bridgehead atoms. The van der Waals surface area contributed by atoms with Gasteiger partial charge in [-0.2, -0.15) is 0 Å². The van der Waals surface area contributed by atoms with Crippen molar-refractivity contribution in [1.29, 1.82) is 0 Å². The largest absolute Gasteiger partial charge is 0.482 e. The first-order valence-corrected chi connectivity index (χ1v) is 6.65. The molecule has 0 radical (unpaired) electrons. The molecule has 18 heavy (non-hydrogen) atoms. The predicted molar refractivity (Wildman–Crippen MR) is 71.1 cm³/mol. The lowest BCUT2D eigenvalue weighted by Gasteiger charge is -2.18. The second-order valence-electron chi connectivity index (χ2n) is 4.03. The average molecular weight is 260 g/mol. The number of thiazole rings is 1. The predicted octanol–water partition coefficient (Wildman–Crippen LogP) is 2.70. The SMILES string of the molecule is CCc1nc(-c2ccc3c(c2)NC(=O)CO3)cs1. The second kappa shape index (κ2) is 4.42. The molecule has 0 saturated carbocycles. The van der Waals surface area contributed by atoms with Crippen LogP contribution in [0.5, 0.6) is 5.75 Å². The maximum atomic E-state index is 11.3. The fourth-order valence-corrected chi connectivity index (χ4v) is 2.60. The number of hydrogen-bond donors (Lipinski definition) is 1. The molecule has 3 rings (SSSR count). The molecule has 1 aromatic heterocycles. The molecule has 0 saturated heterocycles. The Labute approximate surface area is 109 Å². The highest BCUT2D eigenvalue weighted by atomic mass is 32.1. The Hall–Kier alpha value is -1.88. The summed E-state index contributed by atoms with van der Waals surface area (Å²) in [6.45, 7) is 2.17. The van der Waals surface area contributed by atoms with E-state index in [-0.39, 0.29) is 12.5 Å². The summed E-state index contributed by atoms with van der Waals surface area (Å²) >= 11 is 1.65. The highest BCUT2D eigenvalue weighted by molar-refractivity contribution is 7.09. The van der Waals surface area contributed by atoms with Gasteiger partial charge in [0.1, 0.15) is 5.75 Å². The van der Waals surface area contributed by atoms with Gasteiger partial charge in [-0.25, -0.2) is 4.98 Å². The first-order valence-electron chi connectivity index (χ1n) is 5.77. The second-order valence-corrected chi connectivity index (χ2v) is 4.97. The highest BCUT2D eigenvalue weighted by Gasteiger charge is 2.16. The van der Waals surface area contributed by atoms with Crippen LogP contribution in [0.2, 0.25) is 0 Å². The van der Waals surface area contributed by atoms with E-state index < -0.39 is 0 Å². The molecule has 4 nitrogen and oxygen atoms in total. The van der Waals surface area contributed by atoms with Gasteiger partial charge in [0.05, 0.1) is 16.4 Å². The van der Waals surface area contributed by atoms with Crippen LogP contribution in [0.3, 0.4) is 0 Å². The molecular formula is C13H12N2O2S. The fourth-order valence-electron chi connectivity index (χ4n) is 1.85. The number of carbonyl (C=O) groups excluding carboxylic acids is 1. The Bertz CT molecular complexity index is 607. The van der Waals surface area contributed by atoms with E-state index >= 15 is 0 Å². The molecule has 1 aliphatic rings. The van der Waals surface area contributed by atoms with Gasteiger partial charge in [0.2, 0.25) is 0 Å². The number of benzene rings is 1. The summed E-state index contributed by atoms with van der Waals surface area (Å²) in [6.07, 6.45) is 0.940. The van der Waals surface area contributed by atoms with Crippen molar-refractivity contribution in [3.63, 3.8) is 0 Å². The van der Waals surface area contributed by atoms with E-state index in [1.807, 2.05) is 23.6 Å². The van der Waals surface area contributed by atoms with Gasteiger partial charge in [-0.1, -0.05) is 6.92 Å². The van der Waals surface area contributed by atoms with Crippen LogP contribution in [0.15, 0.2) is 23.6 Å². The number of fused-ring (bicyclic) bond motifs is 1. The molecule has 0 atom stereocenters. The van der Waals surface area contributed by atoms with Crippen LogP contribution >= 0.6 is 11.3 Å². The first-order chi connectivity index (χ1) is 8.76. The monoisotopic (exact) mass is 260 g/mol. The Morgan fingerprint density at radius 3 is 3.17 bits per heavy atom. The fraction of sp³-hybridized carbons (Fsp3) is 0.231. The molecular weight excluding hydrogens is 248 g/mol. The molecule has 1 aromatic carbocycles. The summed E-state index contributed by atoms with van der Waals surface area (Å²) in [4.78, 5) is 15.8. The minimum Gasteiger partial charge on any atom is -0.482 e. The summed E-state index contributed by atoms with van der Waals surface area (Å²) in [7, 11) is 0. The summed E-state index contributed by atoms with van der Waals surface area (Å²) in [5.74, 6) is 0.594. The van der Waals surface area contributed by atoms with Gasteiger partial charge >= 0.3 is 0 Å². The topological polar surface area (TPSA) is 51.2 Å². The molecule has 2 aromatic rings. The number of rotatable bonds is 2. The van der Waals surface area contributed by atoms with Crippen molar-refractivity contribution in [2.24, 2.45) is 0 Å². The van der Waals surface area contributed by atoms with Gasteiger partial charge in [0.15, 0.2) is 6.61 Å². The number of ether oxygens (including phenoxy) is 1. The van der Waals surface area contributed by atoms with Crippen molar-refractivity contribution in [2.45, 2.75) is 13.3 Å². The zero-order valence-electron chi connectivity index (χ0n) is 9.90. The van der Waals surface area contributed by atoms with Gasteiger partial charge in [-0.05, 0) is 24.6 Å². The number of aromatic nitrogens is 1. The summed E-state index contributed by atoms with van der Waals surface area (Å²) < 4.78 is 5.32. The van der Waals surface area contributed by atoms with Crippen molar-refractivity contribution in [2.75, 3.05) is 11.9 Å². The molecule has 5 heteroatoms. The van der Waals surface area contributed by atoms with E-state index in [4.69, 9.17) is 4.74 Å². The van der Waals surface area contributed by atoms with E-state index in [9.17, 15) is 4.79 Å². The minimum atomic E-state index is -0.118. The quantitative estimate of drug-likeness (QED) is 0.903. The van der Waals surface area contributed by atoms with Crippen molar-refractivity contribution >= 4 is 22.9 Å². The van der Waals surface area contributed by atoms with E-state index in [0.29, 0.717) is 5.75 Å².